The predicted octanol–water partition coefficient (Wildman–Crippen LogP) is 3.83. The fraction of sp³-hybridized carbons (Fsp3) is 0.235. The Hall–Kier alpha value is -2.29. The van der Waals surface area contributed by atoms with Crippen LogP contribution in [0.1, 0.15) is 35.7 Å². The molecule has 3 heteroatoms. The van der Waals surface area contributed by atoms with Crippen molar-refractivity contribution in [2.75, 3.05) is 5.73 Å². The molecule has 0 radical (unpaired) electrons. The van der Waals surface area contributed by atoms with Crippen molar-refractivity contribution in [1.82, 2.24) is 0 Å². The van der Waals surface area contributed by atoms with E-state index in [2.05, 4.69) is 0 Å². The van der Waals surface area contributed by atoms with Gasteiger partial charge in [-0.05, 0) is 30.2 Å². The smallest absolute Gasteiger partial charge is 0.162 e. The summed E-state index contributed by atoms with van der Waals surface area (Å²) in [6.45, 7) is 2.45. The first-order chi connectivity index (χ1) is 9.70. The summed E-state index contributed by atoms with van der Waals surface area (Å²) in [4.78, 5) is 11.8. The summed E-state index contributed by atoms with van der Waals surface area (Å²) in [5.74, 6) is 0.732. The lowest BCUT2D eigenvalue weighted by Gasteiger charge is -2.10. The molecule has 0 bridgehead atoms. The third-order valence-electron chi connectivity index (χ3n) is 3.05. The first-order valence-electron chi connectivity index (χ1n) is 6.80. The summed E-state index contributed by atoms with van der Waals surface area (Å²) in [7, 11) is 0. The summed E-state index contributed by atoms with van der Waals surface area (Å²) in [5, 5.41) is 0. The molecule has 0 spiro atoms. The van der Waals surface area contributed by atoms with Crippen LogP contribution in [0.25, 0.3) is 0 Å². The van der Waals surface area contributed by atoms with E-state index in [9.17, 15) is 4.79 Å². The Labute approximate surface area is 119 Å². The maximum absolute atomic E-state index is 11.8. The molecule has 0 unspecified atom stereocenters. The van der Waals surface area contributed by atoms with E-state index in [1.165, 1.54) is 0 Å². The van der Waals surface area contributed by atoms with Gasteiger partial charge in [-0.1, -0.05) is 37.3 Å². The maximum Gasteiger partial charge on any atom is 0.162 e. The average Bonchev–Trinajstić information content (AvgIpc) is 2.47. The largest absolute Gasteiger partial charge is 0.487 e. The Morgan fingerprint density at radius 2 is 1.90 bits per heavy atom. The Kier molecular flexibility index (Phi) is 4.77. The standard InChI is InChI=1S/C17H19NO2/c1-2-6-16(19)14-9-10-17(15(18)11-14)20-12-13-7-4-3-5-8-13/h3-5,7-11H,2,6,12,18H2,1H3. The fourth-order valence-electron chi connectivity index (χ4n) is 1.96. The zero-order valence-electron chi connectivity index (χ0n) is 11.6. The molecule has 0 heterocycles. The first-order valence-corrected chi connectivity index (χ1v) is 6.80. The minimum Gasteiger partial charge on any atom is -0.487 e. The highest BCUT2D eigenvalue weighted by atomic mass is 16.5. The summed E-state index contributed by atoms with van der Waals surface area (Å²) in [5.41, 5.74) is 8.18. The number of ketones is 1. The number of ether oxygens (including phenoxy) is 1. The predicted molar refractivity (Wildman–Crippen MR) is 80.9 cm³/mol. The van der Waals surface area contributed by atoms with Gasteiger partial charge >= 0.3 is 0 Å². The highest BCUT2D eigenvalue weighted by Crippen LogP contribution is 2.24. The molecular weight excluding hydrogens is 250 g/mol. The minimum absolute atomic E-state index is 0.119. The van der Waals surface area contributed by atoms with E-state index in [1.807, 2.05) is 37.3 Å². The fourth-order valence-corrected chi connectivity index (χ4v) is 1.96. The van der Waals surface area contributed by atoms with Gasteiger partial charge in [-0.15, -0.1) is 0 Å². The van der Waals surface area contributed by atoms with Crippen molar-refractivity contribution in [3.63, 3.8) is 0 Å². The number of hydrogen-bond acceptors (Lipinski definition) is 3. The Morgan fingerprint density at radius 1 is 1.15 bits per heavy atom. The third-order valence-corrected chi connectivity index (χ3v) is 3.05. The molecule has 0 saturated heterocycles. The van der Waals surface area contributed by atoms with Gasteiger partial charge in [0.2, 0.25) is 0 Å². The number of carbonyl (C=O) groups excluding carboxylic acids is 1. The highest BCUT2D eigenvalue weighted by Gasteiger charge is 2.08. The van der Waals surface area contributed by atoms with Gasteiger partial charge in [0.25, 0.3) is 0 Å². The number of benzene rings is 2. The molecule has 0 aliphatic rings. The number of nitrogens with two attached hydrogens (primary N) is 1. The topological polar surface area (TPSA) is 52.3 Å². The number of rotatable bonds is 6. The molecule has 0 fully saturated rings. The van der Waals surface area contributed by atoms with Gasteiger partial charge in [-0.25, -0.2) is 0 Å². The van der Waals surface area contributed by atoms with E-state index in [0.29, 0.717) is 30.0 Å². The van der Waals surface area contributed by atoms with Crippen LogP contribution in [0.2, 0.25) is 0 Å². The summed E-state index contributed by atoms with van der Waals surface area (Å²) >= 11 is 0. The van der Waals surface area contributed by atoms with E-state index in [4.69, 9.17) is 10.5 Å². The molecule has 0 aromatic heterocycles. The van der Waals surface area contributed by atoms with Crippen LogP contribution in [0.15, 0.2) is 48.5 Å². The van der Waals surface area contributed by atoms with Crippen LogP contribution in [0.3, 0.4) is 0 Å². The van der Waals surface area contributed by atoms with Gasteiger partial charge in [-0.2, -0.15) is 0 Å². The number of nitrogen functional groups attached to an aromatic ring is 1. The highest BCUT2D eigenvalue weighted by molar-refractivity contribution is 5.97. The molecule has 0 amide bonds. The van der Waals surface area contributed by atoms with Gasteiger partial charge in [0.15, 0.2) is 5.78 Å². The lowest BCUT2D eigenvalue weighted by atomic mass is 10.1. The van der Waals surface area contributed by atoms with Crippen molar-refractivity contribution < 1.29 is 9.53 Å². The maximum atomic E-state index is 11.8. The van der Waals surface area contributed by atoms with Crippen molar-refractivity contribution in [2.45, 2.75) is 26.4 Å². The van der Waals surface area contributed by atoms with Crippen LogP contribution in [0, 0.1) is 0 Å². The Morgan fingerprint density at radius 3 is 2.55 bits per heavy atom. The van der Waals surface area contributed by atoms with Crippen molar-refractivity contribution in [1.29, 1.82) is 0 Å². The number of anilines is 1. The van der Waals surface area contributed by atoms with Gasteiger partial charge < -0.3 is 10.5 Å². The monoisotopic (exact) mass is 269 g/mol. The molecule has 3 nitrogen and oxygen atoms in total. The molecule has 20 heavy (non-hydrogen) atoms. The van der Waals surface area contributed by atoms with Crippen LogP contribution in [0.4, 0.5) is 5.69 Å². The van der Waals surface area contributed by atoms with Crippen LogP contribution in [-0.4, -0.2) is 5.78 Å². The molecule has 2 N–H and O–H groups in total. The lowest BCUT2D eigenvalue weighted by Crippen LogP contribution is -2.02. The van der Waals surface area contributed by atoms with E-state index < -0.39 is 0 Å². The third kappa shape index (κ3) is 3.60. The molecule has 2 aromatic rings. The van der Waals surface area contributed by atoms with Crippen LogP contribution in [0.5, 0.6) is 5.75 Å². The first kappa shape index (κ1) is 14.1. The Bertz CT molecular complexity index is 579. The van der Waals surface area contributed by atoms with E-state index in [1.54, 1.807) is 18.2 Å². The number of carbonyl (C=O) groups is 1. The zero-order valence-corrected chi connectivity index (χ0v) is 11.6. The van der Waals surface area contributed by atoms with E-state index in [0.717, 1.165) is 12.0 Å². The van der Waals surface area contributed by atoms with Crippen molar-refractivity contribution in [3.8, 4) is 5.75 Å². The molecule has 0 aliphatic carbocycles. The summed E-state index contributed by atoms with van der Waals surface area (Å²) in [6, 6.07) is 15.1. The minimum atomic E-state index is 0.119. The molecule has 0 aliphatic heterocycles. The van der Waals surface area contributed by atoms with Gasteiger partial charge in [-0.3, -0.25) is 4.79 Å². The Balaban J connectivity index is 2.04. The molecule has 2 aromatic carbocycles. The van der Waals surface area contributed by atoms with Gasteiger partial charge in [0.1, 0.15) is 12.4 Å². The van der Waals surface area contributed by atoms with E-state index in [-0.39, 0.29) is 5.78 Å². The molecule has 0 saturated carbocycles. The normalized spacial score (nSPS) is 10.2. The van der Waals surface area contributed by atoms with Crippen molar-refractivity contribution in [3.05, 3.63) is 59.7 Å². The number of hydrogen-bond donors (Lipinski definition) is 1. The second-order valence-electron chi connectivity index (χ2n) is 4.70. The summed E-state index contributed by atoms with van der Waals surface area (Å²) in [6.07, 6.45) is 1.38. The summed E-state index contributed by atoms with van der Waals surface area (Å²) < 4.78 is 5.68. The average molecular weight is 269 g/mol. The van der Waals surface area contributed by atoms with Gasteiger partial charge in [0.05, 0.1) is 5.69 Å². The van der Waals surface area contributed by atoms with Gasteiger partial charge in [0, 0.05) is 12.0 Å². The van der Waals surface area contributed by atoms with Crippen molar-refractivity contribution >= 4 is 11.5 Å². The van der Waals surface area contributed by atoms with Crippen LogP contribution >= 0.6 is 0 Å². The van der Waals surface area contributed by atoms with E-state index >= 15 is 0 Å². The lowest BCUT2D eigenvalue weighted by molar-refractivity contribution is 0.0981. The quantitative estimate of drug-likeness (QED) is 0.640. The van der Waals surface area contributed by atoms with Crippen molar-refractivity contribution in [2.24, 2.45) is 0 Å². The molecular formula is C17H19NO2. The second-order valence-corrected chi connectivity index (χ2v) is 4.70. The van der Waals surface area contributed by atoms with Crippen LogP contribution in [-0.2, 0) is 6.61 Å². The molecule has 2 rings (SSSR count). The molecule has 0 atom stereocenters. The zero-order chi connectivity index (χ0) is 14.4. The number of Topliss-reactive ketones (excluding diaryl/α,β-unsaturated/α-hetero) is 1. The SMILES string of the molecule is CCCC(=O)c1ccc(OCc2ccccc2)c(N)c1. The van der Waals surface area contributed by atoms with Crippen LogP contribution < -0.4 is 10.5 Å². The second kappa shape index (κ2) is 6.75. The molecule has 104 valence electrons.